The van der Waals surface area contributed by atoms with Gasteiger partial charge in [-0.05, 0) is 76.2 Å². The Balaban J connectivity index is 1.20. The highest BCUT2D eigenvalue weighted by atomic mass is 16.1. The van der Waals surface area contributed by atoms with Gasteiger partial charge in [0.2, 0.25) is 5.91 Å². The summed E-state index contributed by atoms with van der Waals surface area (Å²) in [7, 11) is 0. The summed E-state index contributed by atoms with van der Waals surface area (Å²) in [6.45, 7) is 6.45. The summed E-state index contributed by atoms with van der Waals surface area (Å²) in [4.78, 5) is 22.3. The molecule has 1 N–H and O–H groups in total. The van der Waals surface area contributed by atoms with Crippen LogP contribution in [0.5, 0.6) is 0 Å². The second-order valence-electron chi connectivity index (χ2n) is 9.41. The minimum absolute atomic E-state index is 0.132. The maximum Gasteiger partial charge on any atom is 0.224 e. The first-order valence-corrected chi connectivity index (χ1v) is 11.9. The van der Waals surface area contributed by atoms with E-state index in [1.807, 2.05) is 18.2 Å². The Morgan fingerprint density at radius 1 is 1.00 bits per heavy atom. The van der Waals surface area contributed by atoms with Crippen molar-refractivity contribution in [2.75, 3.05) is 32.7 Å². The van der Waals surface area contributed by atoms with E-state index in [0.717, 1.165) is 37.5 Å². The molecular formula is C24H38N4O. The highest BCUT2D eigenvalue weighted by Crippen LogP contribution is 2.27. The van der Waals surface area contributed by atoms with Crippen molar-refractivity contribution in [3.63, 3.8) is 0 Å². The Kier molecular flexibility index (Phi) is 7.55. The highest BCUT2D eigenvalue weighted by molar-refractivity contribution is 5.78. The number of pyridine rings is 1. The summed E-state index contributed by atoms with van der Waals surface area (Å²) in [5.41, 5.74) is 0.929. The SMILES string of the molecule is O=C(NCc1ccccn1)[C@@H]1CCCN(C2CCN(CC3CCCCC3)CC2)C1. The van der Waals surface area contributed by atoms with Crippen molar-refractivity contribution in [1.29, 1.82) is 0 Å². The lowest BCUT2D eigenvalue weighted by Crippen LogP contribution is -2.51. The van der Waals surface area contributed by atoms with Gasteiger partial charge in [0.1, 0.15) is 0 Å². The van der Waals surface area contributed by atoms with Crippen molar-refractivity contribution in [1.82, 2.24) is 20.1 Å². The summed E-state index contributed by atoms with van der Waals surface area (Å²) >= 11 is 0. The molecule has 5 heteroatoms. The van der Waals surface area contributed by atoms with Crippen LogP contribution in [0.15, 0.2) is 24.4 Å². The number of piperidine rings is 2. The maximum absolute atomic E-state index is 12.7. The van der Waals surface area contributed by atoms with Crippen molar-refractivity contribution in [3.05, 3.63) is 30.1 Å². The van der Waals surface area contributed by atoms with E-state index in [4.69, 9.17) is 0 Å². The number of hydrogen-bond donors (Lipinski definition) is 1. The van der Waals surface area contributed by atoms with Gasteiger partial charge in [-0.2, -0.15) is 0 Å². The molecule has 1 saturated carbocycles. The van der Waals surface area contributed by atoms with Gasteiger partial charge in [0, 0.05) is 25.3 Å². The van der Waals surface area contributed by atoms with Gasteiger partial charge in [-0.1, -0.05) is 25.3 Å². The van der Waals surface area contributed by atoms with E-state index in [-0.39, 0.29) is 11.8 Å². The molecule has 1 amide bonds. The molecule has 1 atom stereocenters. The Bertz CT molecular complexity index is 623. The van der Waals surface area contributed by atoms with Crippen LogP contribution in [0, 0.1) is 11.8 Å². The molecule has 0 unspecified atom stereocenters. The van der Waals surface area contributed by atoms with Gasteiger partial charge in [0.25, 0.3) is 0 Å². The lowest BCUT2D eigenvalue weighted by atomic mass is 9.88. The first-order valence-electron chi connectivity index (χ1n) is 11.9. The Hall–Kier alpha value is -1.46. The Morgan fingerprint density at radius 3 is 2.59 bits per heavy atom. The number of nitrogens with one attached hydrogen (secondary N) is 1. The average molecular weight is 399 g/mol. The van der Waals surface area contributed by atoms with Gasteiger partial charge in [0.05, 0.1) is 18.2 Å². The Morgan fingerprint density at radius 2 is 1.83 bits per heavy atom. The van der Waals surface area contributed by atoms with Gasteiger partial charge in [-0.3, -0.25) is 14.7 Å². The summed E-state index contributed by atoms with van der Waals surface area (Å²) in [5, 5.41) is 3.11. The topological polar surface area (TPSA) is 48.5 Å². The van der Waals surface area contributed by atoms with E-state index in [0.29, 0.717) is 12.6 Å². The first kappa shape index (κ1) is 20.8. The van der Waals surface area contributed by atoms with Crippen LogP contribution in [0.1, 0.15) is 63.5 Å². The van der Waals surface area contributed by atoms with E-state index < -0.39 is 0 Å². The number of amides is 1. The lowest BCUT2D eigenvalue weighted by molar-refractivity contribution is -0.127. The molecule has 1 aromatic heterocycles. The molecule has 1 aliphatic carbocycles. The third-order valence-electron chi connectivity index (χ3n) is 7.31. The molecule has 0 spiro atoms. The standard InChI is InChI=1S/C24H38N4O/c29-24(26-17-22-10-4-5-13-25-22)21-9-6-14-28(19-21)23-11-15-27(16-12-23)18-20-7-2-1-3-8-20/h4-5,10,13,20-21,23H,1-3,6-9,11-12,14-19H2,(H,26,29)/t21-/m1/s1. The predicted molar refractivity (Wildman–Crippen MR) is 116 cm³/mol. The van der Waals surface area contributed by atoms with Crippen LogP contribution in [0.25, 0.3) is 0 Å². The molecule has 4 rings (SSSR count). The fourth-order valence-corrected chi connectivity index (χ4v) is 5.58. The normalized spacial score (nSPS) is 25.7. The lowest BCUT2D eigenvalue weighted by Gasteiger charge is -2.42. The number of hydrogen-bond acceptors (Lipinski definition) is 4. The molecule has 2 saturated heterocycles. The summed E-state index contributed by atoms with van der Waals surface area (Å²) in [6.07, 6.45) is 13.7. The van der Waals surface area contributed by atoms with Crippen LogP contribution in [-0.2, 0) is 11.3 Å². The third-order valence-corrected chi connectivity index (χ3v) is 7.31. The van der Waals surface area contributed by atoms with E-state index in [2.05, 4.69) is 20.1 Å². The number of rotatable bonds is 6. The van der Waals surface area contributed by atoms with Crippen LogP contribution in [0.4, 0.5) is 0 Å². The van der Waals surface area contributed by atoms with Crippen molar-refractivity contribution in [2.24, 2.45) is 11.8 Å². The molecule has 0 aromatic carbocycles. The van der Waals surface area contributed by atoms with Crippen LogP contribution < -0.4 is 5.32 Å². The van der Waals surface area contributed by atoms with E-state index in [9.17, 15) is 4.79 Å². The zero-order chi connectivity index (χ0) is 19.9. The molecule has 3 aliphatic rings. The molecule has 2 aliphatic heterocycles. The molecule has 160 valence electrons. The number of carbonyl (C=O) groups is 1. The van der Waals surface area contributed by atoms with Gasteiger partial charge in [-0.25, -0.2) is 0 Å². The predicted octanol–water partition coefficient (Wildman–Crippen LogP) is 3.45. The molecule has 3 heterocycles. The molecule has 3 fully saturated rings. The number of carbonyl (C=O) groups excluding carboxylic acids is 1. The second kappa shape index (κ2) is 10.5. The van der Waals surface area contributed by atoms with Crippen LogP contribution in [-0.4, -0.2) is 59.5 Å². The van der Waals surface area contributed by atoms with Crippen LogP contribution >= 0.6 is 0 Å². The zero-order valence-electron chi connectivity index (χ0n) is 17.9. The van der Waals surface area contributed by atoms with Gasteiger partial charge >= 0.3 is 0 Å². The summed E-state index contributed by atoms with van der Waals surface area (Å²) in [5.74, 6) is 1.28. The van der Waals surface area contributed by atoms with E-state index in [1.54, 1.807) is 6.20 Å². The largest absolute Gasteiger partial charge is 0.350 e. The fourth-order valence-electron chi connectivity index (χ4n) is 5.58. The van der Waals surface area contributed by atoms with E-state index in [1.165, 1.54) is 64.6 Å². The second-order valence-corrected chi connectivity index (χ2v) is 9.41. The zero-order valence-corrected chi connectivity index (χ0v) is 17.9. The molecule has 0 radical (unpaired) electrons. The van der Waals surface area contributed by atoms with Crippen molar-refractivity contribution in [3.8, 4) is 0 Å². The van der Waals surface area contributed by atoms with Crippen molar-refractivity contribution >= 4 is 5.91 Å². The fraction of sp³-hybridized carbons (Fsp3) is 0.750. The monoisotopic (exact) mass is 398 g/mol. The molecule has 0 bridgehead atoms. The first-order chi connectivity index (χ1) is 14.3. The molecule has 1 aromatic rings. The Labute approximate surface area is 176 Å². The smallest absolute Gasteiger partial charge is 0.224 e. The van der Waals surface area contributed by atoms with Crippen LogP contribution in [0.2, 0.25) is 0 Å². The van der Waals surface area contributed by atoms with Crippen molar-refractivity contribution in [2.45, 2.75) is 70.4 Å². The van der Waals surface area contributed by atoms with Gasteiger partial charge in [-0.15, -0.1) is 0 Å². The summed E-state index contributed by atoms with van der Waals surface area (Å²) < 4.78 is 0. The quantitative estimate of drug-likeness (QED) is 0.797. The third kappa shape index (κ3) is 6.02. The number of nitrogens with zero attached hydrogens (tertiary/aromatic N) is 3. The van der Waals surface area contributed by atoms with Gasteiger partial charge in [0.15, 0.2) is 0 Å². The minimum atomic E-state index is 0.132. The number of likely N-dealkylation sites (tertiary alicyclic amines) is 2. The number of aromatic nitrogens is 1. The van der Waals surface area contributed by atoms with Gasteiger partial charge < -0.3 is 10.2 Å². The van der Waals surface area contributed by atoms with Crippen molar-refractivity contribution < 1.29 is 4.79 Å². The molecular weight excluding hydrogens is 360 g/mol. The summed E-state index contributed by atoms with van der Waals surface area (Å²) in [6, 6.07) is 6.51. The van der Waals surface area contributed by atoms with Crippen LogP contribution in [0.3, 0.4) is 0 Å². The van der Waals surface area contributed by atoms with E-state index >= 15 is 0 Å². The average Bonchev–Trinajstić information content (AvgIpc) is 2.79. The molecule has 5 nitrogen and oxygen atoms in total. The molecule has 29 heavy (non-hydrogen) atoms. The highest BCUT2D eigenvalue weighted by Gasteiger charge is 2.32. The minimum Gasteiger partial charge on any atom is -0.350 e. The maximum atomic E-state index is 12.7.